The average Bonchev–Trinajstić information content (AvgIpc) is 3.07. The molecule has 2 aromatic carbocycles. The van der Waals surface area contributed by atoms with Crippen LogP contribution in [-0.4, -0.2) is 37.6 Å². The summed E-state index contributed by atoms with van der Waals surface area (Å²) in [4.78, 5) is 15.4. The number of hydrogen-bond donors (Lipinski definition) is 2. The smallest absolute Gasteiger partial charge is 0.234 e. The van der Waals surface area contributed by atoms with E-state index in [9.17, 15) is 4.79 Å². The highest BCUT2D eigenvalue weighted by Crippen LogP contribution is 2.59. The van der Waals surface area contributed by atoms with Gasteiger partial charge in [-0.15, -0.1) is 0 Å². The van der Waals surface area contributed by atoms with Crippen molar-refractivity contribution in [3.63, 3.8) is 0 Å². The summed E-state index contributed by atoms with van der Waals surface area (Å²) in [6, 6.07) is 20.8. The number of carbonyl (C=O) groups is 1. The minimum Gasteiger partial charge on any atom is -0.370 e. The first-order valence-electron chi connectivity index (χ1n) is 13.2. The topological polar surface area (TPSA) is 44.4 Å². The molecule has 2 fully saturated rings. The number of fused-ring (bicyclic) bond motifs is 3. The summed E-state index contributed by atoms with van der Waals surface area (Å²) in [6.45, 7) is 7.64. The number of anilines is 1. The molecule has 3 atom stereocenters. The van der Waals surface area contributed by atoms with Crippen LogP contribution >= 0.6 is 0 Å². The van der Waals surface area contributed by atoms with Gasteiger partial charge in [0.1, 0.15) is 0 Å². The summed E-state index contributed by atoms with van der Waals surface area (Å²) in [6.07, 6.45) is 6.70. The van der Waals surface area contributed by atoms with Gasteiger partial charge in [0.25, 0.3) is 0 Å². The Labute approximate surface area is 205 Å². The lowest BCUT2D eigenvalue weighted by Crippen LogP contribution is -2.60. The van der Waals surface area contributed by atoms with E-state index in [-0.39, 0.29) is 22.8 Å². The molecule has 0 radical (unpaired) electrons. The summed E-state index contributed by atoms with van der Waals surface area (Å²) >= 11 is 0. The molecule has 5 rings (SSSR count). The molecule has 0 saturated heterocycles. The first-order valence-corrected chi connectivity index (χ1v) is 13.2. The lowest BCUT2D eigenvalue weighted by molar-refractivity contribution is -0.121. The van der Waals surface area contributed by atoms with E-state index in [2.05, 4.69) is 97.9 Å². The third-order valence-electron chi connectivity index (χ3n) is 9.56. The summed E-state index contributed by atoms with van der Waals surface area (Å²) in [5.41, 5.74) is 4.46. The largest absolute Gasteiger partial charge is 0.370 e. The molecule has 1 heterocycles. The van der Waals surface area contributed by atoms with Crippen molar-refractivity contribution in [1.82, 2.24) is 10.6 Å². The van der Waals surface area contributed by atoms with Crippen LogP contribution in [0.5, 0.6) is 0 Å². The Balaban J connectivity index is 1.15. The van der Waals surface area contributed by atoms with Crippen molar-refractivity contribution in [1.29, 1.82) is 0 Å². The molecule has 1 aliphatic heterocycles. The Morgan fingerprint density at radius 3 is 2.35 bits per heavy atom. The number of para-hydroxylation sites is 1. The number of hydrogen-bond acceptors (Lipinski definition) is 3. The monoisotopic (exact) mass is 459 g/mol. The van der Waals surface area contributed by atoms with Gasteiger partial charge in [0, 0.05) is 36.3 Å². The Morgan fingerprint density at radius 1 is 0.941 bits per heavy atom. The van der Waals surface area contributed by atoms with Gasteiger partial charge in [-0.05, 0) is 67.1 Å². The van der Waals surface area contributed by atoms with E-state index < -0.39 is 0 Å². The molecule has 0 spiro atoms. The summed E-state index contributed by atoms with van der Waals surface area (Å²) < 4.78 is 0. The molecule has 2 unspecified atom stereocenters. The van der Waals surface area contributed by atoms with Gasteiger partial charge in [-0.25, -0.2) is 0 Å². The van der Waals surface area contributed by atoms with E-state index in [0.29, 0.717) is 24.5 Å². The second kappa shape index (κ2) is 9.03. The third-order valence-corrected chi connectivity index (χ3v) is 9.56. The van der Waals surface area contributed by atoms with Crippen LogP contribution in [0.1, 0.15) is 76.3 Å². The van der Waals surface area contributed by atoms with Gasteiger partial charge in [0.05, 0.1) is 6.54 Å². The molecule has 0 aromatic heterocycles. The fraction of sp³-hybridized carbons (Fsp3) is 0.567. The molecule has 2 saturated carbocycles. The van der Waals surface area contributed by atoms with E-state index in [1.165, 1.54) is 29.7 Å². The molecular weight excluding hydrogens is 418 g/mol. The van der Waals surface area contributed by atoms with E-state index in [1.807, 2.05) is 0 Å². The van der Waals surface area contributed by atoms with Gasteiger partial charge in [-0.3, -0.25) is 4.79 Å². The van der Waals surface area contributed by atoms with Gasteiger partial charge in [0.15, 0.2) is 0 Å². The molecule has 2 aromatic rings. The fourth-order valence-electron chi connectivity index (χ4n) is 7.33. The molecule has 4 nitrogen and oxygen atoms in total. The van der Waals surface area contributed by atoms with Crippen molar-refractivity contribution in [3.05, 3.63) is 65.7 Å². The number of carbonyl (C=O) groups excluding carboxylic acids is 1. The van der Waals surface area contributed by atoms with Gasteiger partial charge in [-0.2, -0.15) is 0 Å². The van der Waals surface area contributed by atoms with Crippen LogP contribution in [0.4, 0.5) is 5.69 Å². The second-order valence-corrected chi connectivity index (χ2v) is 11.8. The summed E-state index contributed by atoms with van der Waals surface area (Å²) in [5, 5.41) is 6.96. The maximum atomic E-state index is 12.9. The van der Waals surface area contributed by atoms with E-state index in [1.54, 1.807) is 0 Å². The number of likely N-dealkylation sites (N-methyl/N-ethyl adjacent to an activating group) is 1. The van der Waals surface area contributed by atoms with Crippen LogP contribution in [0, 0.1) is 5.41 Å². The van der Waals surface area contributed by atoms with Crippen molar-refractivity contribution < 1.29 is 4.79 Å². The molecule has 4 heteroatoms. The SMILES string of the molecule is CN1c2ccccc2C2(C)C1C[C@H](NC(=O)CN[C@H]1CC[C@H](c3ccccc3)CC1)CC2(C)C. The second-order valence-electron chi connectivity index (χ2n) is 11.8. The van der Waals surface area contributed by atoms with Crippen LogP contribution < -0.4 is 15.5 Å². The molecule has 1 amide bonds. The van der Waals surface area contributed by atoms with Gasteiger partial charge in [0.2, 0.25) is 5.91 Å². The van der Waals surface area contributed by atoms with Crippen molar-refractivity contribution in [3.8, 4) is 0 Å². The zero-order valence-electron chi connectivity index (χ0n) is 21.3. The van der Waals surface area contributed by atoms with Gasteiger partial charge >= 0.3 is 0 Å². The van der Waals surface area contributed by atoms with E-state index in [4.69, 9.17) is 0 Å². The minimum atomic E-state index is 0.0925. The third kappa shape index (κ3) is 4.04. The molecule has 2 aliphatic carbocycles. The van der Waals surface area contributed by atoms with Crippen LogP contribution in [0.25, 0.3) is 0 Å². The predicted molar refractivity (Wildman–Crippen MR) is 140 cm³/mol. The van der Waals surface area contributed by atoms with E-state index in [0.717, 1.165) is 25.7 Å². The molecule has 3 aliphatic rings. The highest BCUT2D eigenvalue weighted by molar-refractivity contribution is 5.78. The van der Waals surface area contributed by atoms with Crippen molar-refractivity contribution in [2.75, 3.05) is 18.5 Å². The average molecular weight is 460 g/mol. The highest BCUT2D eigenvalue weighted by atomic mass is 16.2. The lowest BCUT2D eigenvalue weighted by Gasteiger charge is -2.53. The minimum absolute atomic E-state index is 0.0925. The quantitative estimate of drug-likeness (QED) is 0.631. The number of amides is 1. The van der Waals surface area contributed by atoms with Crippen LogP contribution in [0.2, 0.25) is 0 Å². The van der Waals surface area contributed by atoms with E-state index >= 15 is 0 Å². The maximum Gasteiger partial charge on any atom is 0.234 e. The van der Waals surface area contributed by atoms with Gasteiger partial charge in [-0.1, -0.05) is 69.3 Å². The van der Waals surface area contributed by atoms with Crippen molar-refractivity contribution in [2.24, 2.45) is 5.41 Å². The van der Waals surface area contributed by atoms with Gasteiger partial charge < -0.3 is 15.5 Å². The number of nitrogens with one attached hydrogen (secondary N) is 2. The number of rotatable bonds is 5. The standard InChI is InChI=1S/C30H41N3O/c1-29(2)19-24(18-27-30(29,3)25-12-8-9-13-26(25)33(27)4)32-28(34)20-31-23-16-14-22(15-17-23)21-10-6-5-7-11-21/h5-13,22-24,27,31H,14-20H2,1-4H3,(H,32,34)/t22-,23-,24-,27?,30?/m0/s1. The molecular formula is C30H41N3O. The van der Waals surface area contributed by atoms with Crippen molar-refractivity contribution in [2.45, 2.75) is 88.8 Å². The van der Waals surface area contributed by atoms with Crippen LogP contribution in [0.15, 0.2) is 54.6 Å². The van der Waals surface area contributed by atoms with Crippen LogP contribution in [-0.2, 0) is 10.2 Å². The lowest BCUT2D eigenvalue weighted by atomic mass is 9.54. The Bertz CT molecular complexity index is 1010. The Hall–Kier alpha value is -2.33. The predicted octanol–water partition coefficient (Wildman–Crippen LogP) is 5.38. The maximum absolute atomic E-state index is 12.9. The van der Waals surface area contributed by atoms with Crippen molar-refractivity contribution >= 4 is 11.6 Å². The molecule has 34 heavy (non-hydrogen) atoms. The number of benzene rings is 2. The summed E-state index contributed by atoms with van der Waals surface area (Å²) in [5.74, 6) is 0.812. The molecule has 2 N–H and O–H groups in total. The first-order chi connectivity index (χ1) is 16.3. The Kier molecular flexibility index (Phi) is 6.22. The zero-order chi connectivity index (χ0) is 23.9. The zero-order valence-corrected chi connectivity index (χ0v) is 21.3. The van der Waals surface area contributed by atoms with Crippen LogP contribution in [0.3, 0.4) is 0 Å². The summed E-state index contributed by atoms with van der Waals surface area (Å²) in [7, 11) is 2.22. The highest BCUT2D eigenvalue weighted by Gasteiger charge is 2.58. The first kappa shape index (κ1) is 23.4. The fourth-order valence-corrected chi connectivity index (χ4v) is 7.33. The molecule has 0 bridgehead atoms. The normalized spacial score (nSPS) is 32.1. The number of nitrogens with zero attached hydrogens (tertiary/aromatic N) is 1. The Morgan fingerprint density at radius 2 is 1.62 bits per heavy atom. The molecule has 182 valence electrons.